The fourth-order valence-corrected chi connectivity index (χ4v) is 2.00. The molecule has 1 N–H and O–H groups in total. The summed E-state index contributed by atoms with van der Waals surface area (Å²) in [6.45, 7) is 1.95. The van der Waals surface area contributed by atoms with Crippen molar-refractivity contribution in [1.82, 2.24) is 10.1 Å². The van der Waals surface area contributed by atoms with Crippen molar-refractivity contribution in [3.05, 3.63) is 48.0 Å². The Labute approximate surface area is 108 Å². The monoisotopic (exact) mass is 254 g/mol. The number of hydrogen-bond acceptors (Lipinski definition) is 4. The molecule has 0 radical (unpaired) electrons. The molecule has 94 valence electrons. The van der Waals surface area contributed by atoms with Gasteiger partial charge < -0.3 is 9.63 Å². The first kappa shape index (κ1) is 11.4. The third kappa shape index (κ3) is 1.95. The van der Waals surface area contributed by atoms with Gasteiger partial charge in [-0.3, -0.25) is 4.98 Å². The van der Waals surface area contributed by atoms with E-state index in [1.807, 2.05) is 31.2 Å². The molecule has 0 unspecified atom stereocenters. The minimum atomic E-state index is -1.13. The Hall–Kier alpha value is -2.69. The topological polar surface area (TPSA) is 76.2 Å². The van der Waals surface area contributed by atoms with Crippen LogP contribution in [-0.2, 0) is 0 Å². The Morgan fingerprint density at radius 1 is 1.26 bits per heavy atom. The van der Waals surface area contributed by atoms with Crippen molar-refractivity contribution in [3.63, 3.8) is 0 Å². The number of pyridine rings is 1. The molecule has 0 saturated carbocycles. The van der Waals surface area contributed by atoms with Crippen molar-refractivity contribution in [2.45, 2.75) is 6.92 Å². The van der Waals surface area contributed by atoms with E-state index in [1.165, 1.54) is 6.07 Å². The number of aromatic nitrogens is 2. The number of aromatic carboxylic acids is 1. The van der Waals surface area contributed by atoms with E-state index in [9.17, 15) is 4.79 Å². The molecule has 0 aliphatic heterocycles. The average Bonchev–Trinajstić information content (AvgIpc) is 2.88. The maximum atomic E-state index is 10.8. The molecule has 2 aromatic heterocycles. The van der Waals surface area contributed by atoms with Crippen molar-refractivity contribution in [1.29, 1.82) is 0 Å². The van der Waals surface area contributed by atoms with Crippen LogP contribution in [0, 0.1) is 6.92 Å². The number of benzene rings is 1. The van der Waals surface area contributed by atoms with Crippen LogP contribution >= 0.6 is 0 Å². The van der Waals surface area contributed by atoms with Crippen molar-refractivity contribution in [2.75, 3.05) is 0 Å². The Bertz CT molecular complexity index is 777. The summed E-state index contributed by atoms with van der Waals surface area (Å²) in [5, 5.41) is 14.7. The summed E-state index contributed by atoms with van der Waals surface area (Å²) in [6, 6.07) is 9.08. The lowest BCUT2D eigenvalue weighted by atomic mass is 10.0. The number of hydrogen-bond donors (Lipinski definition) is 1. The second kappa shape index (κ2) is 4.20. The SMILES string of the molecule is Cc1nccc2cc(-c3cc(C(=O)O)on3)ccc12. The quantitative estimate of drug-likeness (QED) is 0.760. The van der Waals surface area contributed by atoms with Gasteiger partial charge in [-0.15, -0.1) is 0 Å². The minimum absolute atomic E-state index is 0.166. The third-order valence-corrected chi connectivity index (χ3v) is 2.98. The normalized spacial score (nSPS) is 10.8. The summed E-state index contributed by atoms with van der Waals surface area (Å²) in [5.74, 6) is -1.29. The van der Waals surface area contributed by atoms with Crippen molar-refractivity contribution < 1.29 is 14.4 Å². The van der Waals surface area contributed by atoms with Gasteiger partial charge in [0.25, 0.3) is 0 Å². The standard InChI is InChI=1S/C14H10N2O3/c1-8-11-3-2-10(6-9(11)4-5-15-8)12-7-13(14(17)18)19-16-12/h2-7H,1H3,(H,17,18). The van der Waals surface area contributed by atoms with E-state index >= 15 is 0 Å². The molecule has 0 bridgehead atoms. The number of carboxylic acid groups (broad SMARTS) is 1. The highest BCUT2D eigenvalue weighted by molar-refractivity contribution is 5.89. The van der Waals surface area contributed by atoms with E-state index in [0.29, 0.717) is 5.69 Å². The fraction of sp³-hybridized carbons (Fsp3) is 0.0714. The maximum absolute atomic E-state index is 10.8. The summed E-state index contributed by atoms with van der Waals surface area (Å²) in [4.78, 5) is 15.0. The summed E-state index contributed by atoms with van der Waals surface area (Å²) in [5.41, 5.74) is 2.28. The highest BCUT2D eigenvalue weighted by Crippen LogP contribution is 2.25. The van der Waals surface area contributed by atoms with E-state index in [-0.39, 0.29) is 5.76 Å². The lowest BCUT2D eigenvalue weighted by Gasteiger charge is -2.02. The maximum Gasteiger partial charge on any atom is 0.374 e. The first-order valence-corrected chi connectivity index (χ1v) is 5.71. The molecule has 5 heteroatoms. The highest BCUT2D eigenvalue weighted by Gasteiger charge is 2.12. The number of rotatable bonds is 2. The largest absolute Gasteiger partial charge is 0.475 e. The smallest absolute Gasteiger partial charge is 0.374 e. The van der Waals surface area contributed by atoms with Gasteiger partial charge in [0.1, 0.15) is 5.69 Å². The average molecular weight is 254 g/mol. The van der Waals surface area contributed by atoms with Crippen LogP contribution in [0.1, 0.15) is 16.2 Å². The van der Waals surface area contributed by atoms with Gasteiger partial charge in [0.2, 0.25) is 5.76 Å². The number of carbonyl (C=O) groups is 1. The second-order valence-electron chi connectivity index (χ2n) is 4.21. The molecule has 0 spiro atoms. The van der Waals surface area contributed by atoms with Crippen LogP contribution in [0.5, 0.6) is 0 Å². The van der Waals surface area contributed by atoms with Crippen LogP contribution in [0.3, 0.4) is 0 Å². The van der Waals surface area contributed by atoms with Gasteiger partial charge in [0, 0.05) is 28.9 Å². The van der Waals surface area contributed by atoms with Gasteiger partial charge in [-0.1, -0.05) is 17.3 Å². The van der Waals surface area contributed by atoms with Crippen molar-refractivity contribution in [3.8, 4) is 11.3 Å². The molecule has 0 fully saturated rings. The summed E-state index contributed by atoms with van der Waals surface area (Å²) in [6.07, 6.45) is 1.74. The molecule has 3 rings (SSSR count). The lowest BCUT2D eigenvalue weighted by Crippen LogP contribution is -1.91. The van der Waals surface area contributed by atoms with Gasteiger partial charge >= 0.3 is 5.97 Å². The van der Waals surface area contributed by atoms with Crippen LogP contribution in [-0.4, -0.2) is 21.2 Å². The Morgan fingerprint density at radius 3 is 2.84 bits per heavy atom. The first-order chi connectivity index (χ1) is 9.15. The Morgan fingerprint density at radius 2 is 2.11 bits per heavy atom. The Balaban J connectivity index is 2.12. The number of fused-ring (bicyclic) bond motifs is 1. The van der Waals surface area contributed by atoms with Crippen LogP contribution in [0.2, 0.25) is 0 Å². The zero-order chi connectivity index (χ0) is 13.4. The van der Waals surface area contributed by atoms with Gasteiger partial charge in [-0.25, -0.2) is 4.79 Å². The predicted molar refractivity (Wildman–Crippen MR) is 68.9 cm³/mol. The third-order valence-electron chi connectivity index (χ3n) is 2.98. The molecule has 0 aliphatic carbocycles. The predicted octanol–water partition coefficient (Wildman–Crippen LogP) is 2.90. The van der Waals surface area contributed by atoms with E-state index in [1.54, 1.807) is 6.20 Å². The molecular formula is C14H10N2O3. The molecule has 19 heavy (non-hydrogen) atoms. The molecule has 1 aromatic carbocycles. The van der Waals surface area contributed by atoms with E-state index < -0.39 is 5.97 Å². The zero-order valence-electron chi connectivity index (χ0n) is 10.1. The minimum Gasteiger partial charge on any atom is -0.475 e. The number of nitrogens with zero attached hydrogens (tertiary/aromatic N) is 2. The first-order valence-electron chi connectivity index (χ1n) is 5.71. The van der Waals surface area contributed by atoms with Gasteiger partial charge in [0.05, 0.1) is 0 Å². The van der Waals surface area contributed by atoms with E-state index in [0.717, 1.165) is 22.0 Å². The highest BCUT2D eigenvalue weighted by atomic mass is 16.5. The molecule has 2 heterocycles. The summed E-state index contributed by atoms with van der Waals surface area (Å²) in [7, 11) is 0. The van der Waals surface area contributed by atoms with Gasteiger partial charge in [-0.2, -0.15) is 0 Å². The van der Waals surface area contributed by atoms with Crippen molar-refractivity contribution >= 4 is 16.7 Å². The Kier molecular flexibility index (Phi) is 2.52. The lowest BCUT2D eigenvalue weighted by molar-refractivity contribution is 0.0652. The van der Waals surface area contributed by atoms with Gasteiger partial charge in [0.15, 0.2) is 0 Å². The van der Waals surface area contributed by atoms with E-state index in [2.05, 4.69) is 10.1 Å². The van der Waals surface area contributed by atoms with Crippen molar-refractivity contribution in [2.24, 2.45) is 0 Å². The summed E-state index contributed by atoms with van der Waals surface area (Å²) >= 11 is 0. The molecule has 3 aromatic rings. The van der Waals surface area contributed by atoms with Gasteiger partial charge in [-0.05, 0) is 24.4 Å². The molecule has 5 nitrogen and oxygen atoms in total. The molecular weight excluding hydrogens is 244 g/mol. The number of carboxylic acids is 1. The summed E-state index contributed by atoms with van der Waals surface area (Å²) < 4.78 is 4.75. The van der Waals surface area contributed by atoms with E-state index in [4.69, 9.17) is 9.63 Å². The van der Waals surface area contributed by atoms with Crippen LogP contribution in [0.4, 0.5) is 0 Å². The zero-order valence-corrected chi connectivity index (χ0v) is 10.1. The molecule has 0 amide bonds. The molecule has 0 aliphatic rings. The fourth-order valence-electron chi connectivity index (χ4n) is 2.00. The second-order valence-corrected chi connectivity index (χ2v) is 4.21. The van der Waals surface area contributed by atoms with Crippen LogP contribution < -0.4 is 0 Å². The molecule has 0 saturated heterocycles. The van der Waals surface area contributed by atoms with Crippen LogP contribution in [0.25, 0.3) is 22.0 Å². The molecule has 0 atom stereocenters. The van der Waals surface area contributed by atoms with Crippen LogP contribution in [0.15, 0.2) is 41.1 Å². The number of aryl methyl sites for hydroxylation is 1.